The molecule has 4 aromatic rings. The molecule has 0 radical (unpaired) electrons. The number of rotatable bonds is 7. The number of furan rings is 1. The fraction of sp³-hybridized carbons (Fsp3) is 0.222. The summed E-state index contributed by atoms with van der Waals surface area (Å²) < 4.78 is 46.8. The van der Waals surface area contributed by atoms with Gasteiger partial charge < -0.3 is 4.42 Å². The number of carbonyl (C=O) groups excluding carboxylic acids is 1. The second-order valence-electron chi connectivity index (χ2n) is 8.55. The molecule has 1 aliphatic rings. The monoisotopic (exact) mass is 477 g/mol. The summed E-state index contributed by atoms with van der Waals surface area (Å²) >= 11 is 0. The third-order valence-corrected chi connectivity index (χ3v) is 8.05. The molecule has 1 saturated heterocycles. The summed E-state index contributed by atoms with van der Waals surface area (Å²) in [6.45, 7) is 0.258. The topological polar surface area (TPSA) is 67.6 Å². The van der Waals surface area contributed by atoms with Gasteiger partial charge in [-0.15, -0.1) is 0 Å². The van der Waals surface area contributed by atoms with E-state index in [1.54, 1.807) is 0 Å². The molecule has 1 aliphatic heterocycles. The molecule has 34 heavy (non-hydrogen) atoms. The van der Waals surface area contributed by atoms with Gasteiger partial charge in [-0.1, -0.05) is 54.6 Å². The van der Waals surface area contributed by atoms with Crippen molar-refractivity contribution in [2.75, 3.05) is 6.54 Å². The van der Waals surface area contributed by atoms with Crippen molar-refractivity contribution in [3.63, 3.8) is 0 Å². The van der Waals surface area contributed by atoms with Gasteiger partial charge in [-0.05, 0) is 54.2 Å². The Morgan fingerprint density at radius 1 is 0.971 bits per heavy atom. The van der Waals surface area contributed by atoms with Crippen LogP contribution in [0.4, 0.5) is 4.39 Å². The SMILES string of the molecule is O=C(CCc1cccc(-c2ccccc2)c1)[C@@H]1CCCN1S(=O)(=O)c1cc2cc(F)ccc2o1. The first-order chi connectivity index (χ1) is 16.4. The summed E-state index contributed by atoms with van der Waals surface area (Å²) in [4.78, 5) is 13.1. The summed E-state index contributed by atoms with van der Waals surface area (Å²) in [7, 11) is -4.01. The Kier molecular flexibility index (Phi) is 6.06. The summed E-state index contributed by atoms with van der Waals surface area (Å²) in [6.07, 6.45) is 1.87. The van der Waals surface area contributed by atoms with E-state index in [1.807, 2.05) is 48.5 Å². The first-order valence-electron chi connectivity index (χ1n) is 11.3. The van der Waals surface area contributed by atoms with E-state index in [0.29, 0.717) is 30.2 Å². The van der Waals surface area contributed by atoms with E-state index in [4.69, 9.17) is 4.42 Å². The number of Topliss-reactive ketones (excluding diaryl/α,β-unsaturated/α-hetero) is 1. The molecule has 174 valence electrons. The van der Waals surface area contributed by atoms with Crippen molar-refractivity contribution >= 4 is 26.8 Å². The molecule has 5 rings (SSSR count). The molecule has 0 unspecified atom stereocenters. The lowest BCUT2D eigenvalue weighted by Crippen LogP contribution is -2.40. The van der Waals surface area contributed by atoms with Crippen molar-refractivity contribution in [3.8, 4) is 11.1 Å². The molecule has 0 aliphatic carbocycles. The lowest BCUT2D eigenvalue weighted by atomic mass is 9.98. The molecule has 0 saturated carbocycles. The Morgan fingerprint density at radius 2 is 1.76 bits per heavy atom. The number of nitrogens with zero attached hydrogens (tertiary/aromatic N) is 1. The largest absolute Gasteiger partial charge is 0.443 e. The first-order valence-corrected chi connectivity index (χ1v) is 12.7. The highest BCUT2D eigenvalue weighted by molar-refractivity contribution is 7.89. The van der Waals surface area contributed by atoms with Gasteiger partial charge in [-0.2, -0.15) is 4.31 Å². The van der Waals surface area contributed by atoms with E-state index in [2.05, 4.69) is 6.07 Å². The van der Waals surface area contributed by atoms with E-state index >= 15 is 0 Å². The maximum absolute atomic E-state index is 13.5. The van der Waals surface area contributed by atoms with Crippen LogP contribution in [0.3, 0.4) is 0 Å². The molecule has 0 amide bonds. The highest BCUT2D eigenvalue weighted by Gasteiger charge is 2.40. The van der Waals surface area contributed by atoms with Gasteiger partial charge in [0.15, 0.2) is 5.78 Å². The van der Waals surface area contributed by atoms with Gasteiger partial charge in [0.05, 0.1) is 6.04 Å². The molecule has 0 N–H and O–H groups in total. The number of benzene rings is 3. The van der Waals surface area contributed by atoms with Crippen molar-refractivity contribution in [2.24, 2.45) is 0 Å². The van der Waals surface area contributed by atoms with E-state index in [9.17, 15) is 17.6 Å². The maximum atomic E-state index is 13.5. The average molecular weight is 478 g/mol. The van der Waals surface area contributed by atoms with Gasteiger partial charge in [0.1, 0.15) is 11.4 Å². The van der Waals surface area contributed by atoms with Crippen LogP contribution >= 0.6 is 0 Å². The first kappa shape index (κ1) is 22.5. The quantitative estimate of drug-likeness (QED) is 0.348. The Bertz CT molecular complexity index is 1450. The molecular formula is C27H24FNO4S. The molecule has 1 atom stereocenters. The van der Waals surface area contributed by atoms with Crippen molar-refractivity contribution in [2.45, 2.75) is 36.8 Å². The van der Waals surface area contributed by atoms with Gasteiger partial charge in [-0.25, -0.2) is 12.8 Å². The van der Waals surface area contributed by atoms with E-state index in [0.717, 1.165) is 16.7 Å². The van der Waals surface area contributed by atoms with Crippen LogP contribution < -0.4 is 0 Å². The molecule has 2 heterocycles. The van der Waals surface area contributed by atoms with Gasteiger partial charge in [0.2, 0.25) is 5.09 Å². The molecule has 3 aromatic carbocycles. The van der Waals surface area contributed by atoms with Crippen LogP contribution in [-0.2, 0) is 21.2 Å². The van der Waals surface area contributed by atoms with Crippen LogP contribution in [0, 0.1) is 5.82 Å². The van der Waals surface area contributed by atoms with Gasteiger partial charge >= 0.3 is 0 Å². The predicted molar refractivity (Wildman–Crippen MR) is 128 cm³/mol. The second kappa shape index (κ2) is 9.16. The highest BCUT2D eigenvalue weighted by Crippen LogP contribution is 2.31. The Hall–Kier alpha value is -3.29. The number of hydrogen-bond donors (Lipinski definition) is 0. The minimum atomic E-state index is -4.01. The van der Waals surface area contributed by atoms with Crippen LogP contribution in [0.1, 0.15) is 24.8 Å². The lowest BCUT2D eigenvalue weighted by molar-refractivity contribution is -0.122. The number of sulfonamides is 1. The van der Waals surface area contributed by atoms with Crippen molar-refractivity contribution in [3.05, 3.63) is 90.2 Å². The van der Waals surface area contributed by atoms with Crippen LogP contribution in [0.25, 0.3) is 22.1 Å². The summed E-state index contributed by atoms with van der Waals surface area (Å²) in [5.74, 6) is -0.573. The number of halogens is 1. The summed E-state index contributed by atoms with van der Waals surface area (Å²) in [5, 5.41) is 0.113. The van der Waals surface area contributed by atoms with E-state index in [1.165, 1.54) is 28.6 Å². The zero-order chi connectivity index (χ0) is 23.7. The fourth-order valence-electron chi connectivity index (χ4n) is 4.55. The number of ketones is 1. The zero-order valence-electron chi connectivity index (χ0n) is 18.5. The predicted octanol–water partition coefficient (Wildman–Crippen LogP) is 5.59. The highest BCUT2D eigenvalue weighted by atomic mass is 32.2. The second-order valence-corrected chi connectivity index (χ2v) is 10.4. The average Bonchev–Trinajstić information content (AvgIpc) is 3.51. The summed E-state index contributed by atoms with van der Waals surface area (Å²) in [5.41, 5.74) is 3.51. The van der Waals surface area contributed by atoms with Crippen LogP contribution in [0.15, 0.2) is 88.4 Å². The van der Waals surface area contributed by atoms with Crippen molar-refractivity contribution < 1.29 is 22.0 Å². The van der Waals surface area contributed by atoms with Crippen LogP contribution in [0.5, 0.6) is 0 Å². The van der Waals surface area contributed by atoms with E-state index < -0.39 is 21.9 Å². The number of hydrogen-bond acceptors (Lipinski definition) is 4. The van der Waals surface area contributed by atoms with Gasteiger partial charge in [0, 0.05) is 24.4 Å². The van der Waals surface area contributed by atoms with Gasteiger partial charge in [-0.3, -0.25) is 4.79 Å². The minimum Gasteiger partial charge on any atom is -0.443 e. The molecule has 7 heteroatoms. The number of carbonyl (C=O) groups is 1. The Labute approximate surface area is 197 Å². The number of aryl methyl sites for hydroxylation is 1. The van der Waals surface area contributed by atoms with Crippen molar-refractivity contribution in [1.82, 2.24) is 4.31 Å². The molecule has 1 fully saturated rings. The van der Waals surface area contributed by atoms with Crippen LogP contribution in [0.2, 0.25) is 0 Å². The Balaban J connectivity index is 1.31. The Morgan fingerprint density at radius 3 is 2.59 bits per heavy atom. The molecule has 0 bridgehead atoms. The summed E-state index contributed by atoms with van der Waals surface area (Å²) in [6, 6.07) is 22.5. The molecular weight excluding hydrogens is 453 g/mol. The third-order valence-electron chi connectivity index (χ3n) is 6.29. The molecule has 5 nitrogen and oxygen atoms in total. The normalized spacial score (nSPS) is 16.8. The lowest BCUT2D eigenvalue weighted by Gasteiger charge is -2.21. The molecule has 0 spiro atoms. The zero-order valence-corrected chi connectivity index (χ0v) is 19.3. The third kappa shape index (κ3) is 4.41. The standard InChI is InChI=1S/C27H24FNO4S/c28-23-12-14-26-22(17-23)18-27(33-26)34(31,32)29-15-5-10-24(29)25(30)13-11-19-6-4-9-21(16-19)20-7-2-1-3-8-20/h1-4,6-9,12,14,16-18,24H,5,10-11,13,15H2/t24-/m0/s1. The molecule has 1 aromatic heterocycles. The smallest absolute Gasteiger partial charge is 0.277 e. The fourth-order valence-corrected chi connectivity index (χ4v) is 6.18. The minimum absolute atomic E-state index is 0.103. The van der Waals surface area contributed by atoms with E-state index in [-0.39, 0.29) is 23.8 Å². The maximum Gasteiger partial charge on any atom is 0.277 e. The van der Waals surface area contributed by atoms with Crippen molar-refractivity contribution in [1.29, 1.82) is 0 Å². The van der Waals surface area contributed by atoms with Crippen LogP contribution in [-0.4, -0.2) is 31.1 Å². The number of fused-ring (bicyclic) bond motifs is 1. The van der Waals surface area contributed by atoms with Gasteiger partial charge in [0.25, 0.3) is 10.0 Å².